The maximum atomic E-state index is 10.4. The first-order chi connectivity index (χ1) is 5.66. The highest BCUT2D eigenvalue weighted by molar-refractivity contribution is 9.10. The van der Waals surface area contributed by atoms with E-state index in [2.05, 4.69) is 20.9 Å². The van der Waals surface area contributed by atoms with Gasteiger partial charge in [0.25, 0.3) is 0 Å². The summed E-state index contributed by atoms with van der Waals surface area (Å²) in [5, 5.41) is 18.9. The molecule has 0 saturated carbocycles. The molecule has 60 valence electrons. The average molecular weight is 228 g/mol. The number of nitrogens with zero attached hydrogens (tertiary/aromatic N) is 3. The Balaban J connectivity index is 3.42. The molecule has 1 heterocycles. The molecule has 1 aromatic rings. The smallest absolute Gasteiger partial charge is 0.258 e. The molecule has 5 nitrogen and oxygen atoms in total. The van der Waals surface area contributed by atoms with E-state index in [1.165, 1.54) is 12.3 Å². The molecule has 0 N–H and O–H groups in total. The van der Waals surface area contributed by atoms with Crippen molar-refractivity contribution in [2.24, 2.45) is 0 Å². The van der Waals surface area contributed by atoms with Gasteiger partial charge in [0.2, 0.25) is 0 Å². The van der Waals surface area contributed by atoms with Crippen LogP contribution in [-0.4, -0.2) is 9.91 Å². The van der Waals surface area contributed by atoms with Gasteiger partial charge in [-0.25, -0.2) is 4.98 Å². The zero-order chi connectivity index (χ0) is 9.14. The molecule has 1 aromatic heterocycles. The van der Waals surface area contributed by atoms with Gasteiger partial charge in [0.15, 0.2) is 4.60 Å². The lowest BCUT2D eigenvalue weighted by molar-refractivity contribution is -0.386. The van der Waals surface area contributed by atoms with Crippen LogP contribution in [0.1, 0.15) is 5.56 Å². The highest BCUT2D eigenvalue weighted by atomic mass is 79.9. The Labute approximate surface area is 75.9 Å². The zero-order valence-electron chi connectivity index (χ0n) is 5.69. The van der Waals surface area contributed by atoms with Gasteiger partial charge in [0.05, 0.1) is 4.92 Å². The molecule has 0 spiro atoms. The summed E-state index contributed by atoms with van der Waals surface area (Å²) < 4.78 is 0.0755. The Morgan fingerprint density at radius 2 is 2.42 bits per heavy atom. The van der Waals surface area contributed by atoms with Gasteiger partial charge in [0.1, 0.15) is 11.6 Å². The minimum absolute atomic E-state index is 0.00174. The summed E-state index contributed by atoms with van der Waals surface area (Å²) in [4.78, 5) is 13.4. The Bertz CT molecular complexity index is 372. The second-order valence-electron chi connectivity index (χ2n) is 1.87. The van der Waals surface area contributed by atoms with E-state index >= 15 is 0 Å². The van der Waals surface area contributed by atoms with Gasteiger partial charge in [-0.05, 0) is 22.0 Å². The molecule has 6 heteroatoms. The molecule has 12 heavy (non-hydrogen) atoms. The summed E-state index contributed by atoms with van der Waals surface area (Å²) >= 11 is 2.88. The lowest BCUT2D eigenvalue weighted by Crippen LogP contribution is -1.94. The number of hydrogen-bond acceptors (Lipinski definition) is 4. The van der Waals surface area contributed by atoms with Crippen LogP contribution >= 0.6 is 15.9 Å². The molecule has 0 atom stereocenters. The minimum Gasteiger partial charge on any atom is -0.258 e. The second kappa shape index (κ2) is 3.28. The van der Waals surface area contributed by atoms with Gasteiger partial charge < -0.3 is 0 Å². The van der Waals surface area contributed by atoms with Gasteiger partial charge in [-0.1, -0.05) is 0 Å². The Kier molecular flexibility index (Phi) is 2.35. The van der Waals surface area contributed by atoms with Crippen LogP contribution in [0.25, 0.3) is 0 Å². The molecule has 1 rings (SSSR count). The summed E-state index contributed by atoms with van der Waals surface area (Å²) in [6.45, 7) is 0. The average Bonchev–Trinajstić information content (AvgIpc) is 2.03. The molecule has 0 fully saturated rings. The van der Waals surface area contributed by atoms with Crippen molar-refractivity contribution in [3.05, 3.63) is 32.5 Å². The van der Waals surface area contributed by atoms with Crippen molar-refractivity contribution in [1.29, 1.82) is 5.26 Å². The van der Waals surface area contributed by atoms with Crippen molar-refractivity contribution < 1.29 is 4.92 Å². The third kappa shape index (κ3) is 1.40. The number of hydrogen-bond donors (Lipinski definition) is 0. The van der Waals surface area contributed by atoms with Crippen LogP contribution in [0.4, 0.5) is 5.69 Å². The van der Waals surface area contributed by atoms with Crippen LogP contribution in [-0.2, 0) is 0 Å². The molecule has 0 aliphatic heterocycles. The zero-order valence-corrected chi connectivity index (χ0v) is 7.28. The maximum absolute atomic E-state index is 10.4. The van der Waals surface area contributed by atoms with Crippen molar-refractivity contribution >= 4 is 21.6 Å². The van der Waals surface area contributed by atoms with Crippen LogP contribution in [0.5, 0.6) is 0 Å². The SMILES string of the molecule is N#Cc1ccnc(Br)c1[N+](=O)[O-]. The first kappa shape index (κ1) is 8.62. The third-order valence-electron chi connectivity index (χ3n) is 1.18. The molecule has 0 bridgehead atoms. The van der Waals surface area contributed by atoms with E-state index in [0.717, 1.165) is 0 Å². The van der Waals surface area contributed by atoms with E-state index in [-0.39, 0.29) is 15.9 Å². The molecule has 0 amide bonds. The van der Waals surface area contributed by atoms with Crippen LogP contribution in [0.2, 0.25) is 0 Å². The molecule has 0 unspecified atom stereocenters. The predicted molar refractivity (Wildman–Crippen MR) is 43.3 cm³/mol. The fraction of sp³-hybridized carbons (Fsp3) is 0. The molecule has 0 radical (unpaired) electrons. The van der Waals surface area contributed by atoms with E-state index in [0.29, 0.717) is 0 Å². The maximum Gasteiger partial charge on any atom is 0.319 e. The lowest BCUT2D eigenvalue weighted by Gasteiger charge is -1.94. The Morgan fingerprint density at radius 3 is 2.83 bits per heavy atom. The largest absolute Gasteiger partial charge is 0.319 e. The Morgan fingerprint density at radius 1 is 1.75 bits per heavy atom. The molecule has 0 aliphatic carbocycles. The summed E-state index contributed by atoms with van der Waals surface area (Å²) in [6, 6.07) is 3.00. The fourth-order valence-corrected chi connectivity index (χ4v) is 1.17. The molecule has 0 aliphatic rings. The van der Waals surface area contributed by atoms with Gasteiger partial charge in [-0.3, -0.25) is 10.1 Å². The summed E-state index contributed by atoms with van der Waals surface area (Å²) in [5.41, 5.74) is -0.290. The highest BCUT2D eigenvalue weighted by Crippen LogP contribution is 2.25. The third-order valence-corrected chi connectivity index (χ3v) is 1.76. The van der Waals surface area contributed by atoms with Gasteiger partial charge in [-0.2, -0.15) is 5.26 Å². The van der Waals surface area contributed by atoms with Crippen molar-refractivity contribution in [3.8, 4) is 6.07 Å². The van der Waals surface area contributed by atoms with Gasteiger partial charge in [0, 0.05) is 6.20 Å². The van der Waals surface area contributed by atoms with Crippen LogP contribution < -0.4 is 0 Å². The van der Waals surface area contributed by atoms with E-state index < -0.39 is 4.92 Å². The lowest BCUT2D eigenvalue weighted by atomic mass is 10.2. The summed E-state index contributed by atoms with van der Waals surface area (Å²) in [6.07, 6.45) is 1.33. The van der Waals surface area contributed by atoms with Crippen molar-refractivity contribution in [3.63, 3.8) is 0 Å². The number of nitro groups is 1. The fourth-order valence-electron chi connectivity index (χ4n) is 0.692. The van der Waals surface area contributed by atoms with E-state index in [4.69, 9.17) is 5.26 Å². The van der Waals surface area contributed by atoms with Gasteiger partial charge >= 0.3 is 5.69 Å². The summed E-state index contributed by atoms with van der Waals surface area (Å²) in [7, 11) is 0. The first-order valence-corrected chi connectivity index (χ1v) is 3.65. The normalized spacial score (nSPS) is 9.00. The molecular formula is C6H2BrN3O2. The number of rotatable bonds is 1. The van der Waals surface area contributed by atoms with Crippen molar-refractivity contribution in [2.45, 2.75) is 0 Å². The quantitative estimate of drug-likeness (QED) is 0.415. The topological polar surface area (TPSA) is 79.8 Å². The van der Waals surface area contributed by atoms with Crippen LogP contribution in [0.3, 0.4) is 0 Å². The van der Waals surface area contributed by atoms with Crippen molar-refractivity contribution in [1.82, 2.24) is 4.98 Å². The molecular weight excluding hydrogens is 226 g/mol. The monoisotopic (exact) mass is 227 g/mol. The molecule has 0 aromatic carbocycles. The number of aromatic nitrogens is 1. The number of pyridine rings is 1. The minimum atomic E-state index is -0.643. The number of halogens is 1. The van der Waals surface area contributed by atoms with Crippen LogP contribution in [0, 0.1) is 21.4 Å². The van der Waals surface area contributed by atoms with E-state index in [9.17, 15) is 10.1 Å². The first-order valence-electron chi connectivity index (χ1n) is 2.86. The summed E-state index contributed by atoms with van der Waals surface area (Å²) in [5.74, 6) is 0. The van der Waals surface area contributed by atoms with E-state index in [1.807, 2.05) is 0 Å². The standard InChI is InChI=1S/C6H2BrN3O2/c7-6-5(10(11)12)4(3-8)1-2-9-6/h1-2H. The highest BCUT2D eigenvalue weighted by Gasteiger charge is 2.18. The van der Waals surface area contributed by atoms with Gasteiger partial charge in [-0.15, -0.1) is 0 Å². The second-order valence-corrected chi connectivity index (χ2v) is 2.62. The molecule has 0 saturated heterocycles. The van der Waals surface area contributed by atoms with E-state index in [1.54, 1.807) is 6.07 Å². The predicted octanol–water partition coefficient (Wildman–Crippen LogP) is 1.62. The van der Waals surface area contributed by atoms with Crippen LogP contribution in [0.15, 0.2) is 16.9 Å². The number of nitriles is 1. The Hall–Kier alpha value is -1.48. The van der Waals surface area contributed by atoms with Crippen molar-refractivity contribution in [2.75, 3.05) is 0 Å².